The lowest BCUT2D eigenvalue weighted by molar-refractivity contribution is -0.147. The molecule has 2 aliphatic carbocycles. The van der Waals surface area contributed by atoms with E-state index < -0.39 is 11.4 Å². The van der Waals surface area contributed by atoms with Crippen LogP contribution in [0.3, 0.4) is 0 Å². The van der Waals surface area contributed by atoms with Crippen molar-refractivity contribution >= 4 is 23.3 Å². The second kappa shape index (κ2) is 7.86. The molecule has 0 spiro atoms. The lowest BCUT2D eigenvalue weighted by Gasteiger charge is -2.38. The van der Waals surface area contributed by atoms with Gasteiger partial charge in [-0.05, 0) is 56.7 Å². The number of anilines is 2. The number of aromatic nitrogens is 2. The summed E-state index contributed by atoms with van der Waals surface area (Å²) in [5.74, 6) is 0.726. The highest BCUT2D eigenvalue weighted by atomic mass is 16.4. The molecule has 0 unspecified atom stereocenters. The van der Waals surface area contributed by atoms with E-state index in [4.69, 9.17) is 9.97 Å². The zero-order chi connectivity index (χ0) is 22.3. The van der Waals surface area contributed by atoms with Crippen LogP contribution in [0.25, 0.3) is 11.4 Å². The maximum absolute atomic E-state index is 11.8. The average molecular weight is 428 g/mol. The minimum atomic E-state index is -0.737. The van der Waals surface area contributed by atoms with Crippen LogP contribution in [-0.4, -0.2) is 26.8 Å². The molecule has 0 bridgehead atoms. The number of hydrogen-bond donors (Lipinski definition) is 2. The minimum absolute atomic E-state index is 0.0313. The maximum atomic E-state index is 11.8. The van der Waals surface area contributed by atoms with Gasteiger partial charge in [-0.15, -0.1) is 0 Å². The number of aliphatic carboxylic acids is 1. The van der Waals surface area contributed by atoms with Crippen LogP contribution in [-0.2, 0) is 23.1 Å². The number of hydrogen-bond acceptors (Lipinski definition) is 5. The largest absolute Gasteiger partial charge is 0.481 e. The fourth-order valence-electron chi connectivity index (χ4n) is 4.68. The Hall–Kier alpha value is -3.54. The van der Waals surface area contributed by atoms with Crippen molar-refractivity contribution in [3.05, 3.63) is 70.9 Å². The summed E-state index contributed by atoms with van der Waals surface area (Å²) in [5.41, 5.74) is 4.74. The molecule has 1 heterocycles. The first kappa shape index (κ1) is 20.4. The number of benzene rings is 2. The standard InChI is InChI=1S/C26H25N3O3/c1-16(30)17-6-8-18(9-7-17)23-28-22-5-2-4-21(22)24(29-23)27-20-12-10-19(11-13-20)26(25(31)32)14-3-15-26/h6-13H,2-5,14-15H2,1H3,(H,31,32)(H,27,28,29). The highest BCUT2D eigenvalue weighted by Gasteiger charge is 2.45. The molecule has 1 fully saturated rings. The van der Waals surface area contributed by atoms with Crippen molar-refractivity contribution in [3.63, 3.8) is 0 Å². The number of Topliss-reactive ketones (excluding diaryl/α,β-unsaturated/α-hetero) is 1. The van der Waals surface area contributed by atoms with Crippen LogP contribution in [0.15, 0.2) is 48.5 Å². The Kier molecular flexibility index (Phi) is 5.00. The van der Waals surface area contributed by atoms with E-state index in [0.717, 1.165) is 59.6 Å². The SMILES string of the molecule is CC(=O)c1ccc(-c2nc3c(c(Nc4ccc(C5(C(=O)O)CCC5)cc4)n2)CCC3)cc1. The van der Waals surface area contributed by atoms with Crippen molar-refractivity contribution < 1.29 is 14.7 Å². The molecule has 32 heavy (non-hydrogen) atoms. The number of rotatable bonds is 6. The third kappa shape index (κ3) is 3.45. The molecule has 0 aliphatic heterocycles. The predicted molar refractivity (Wildman–Crippen MR) is 122 cm³/mol. The summed E-state index contributed by atoms with van der Waals surface area (Å²) in [6.07, 6.45) is 5.24. The van der Waals surface area contributed by atoms with Gasteiger partial charge in [0.15, 0.2) is 11.6 Å². The van der Waals surface area contributed by atoms with Crippen molar-refractivity contribution in [2.45, 2.75) is 50.9 Å². The van der Waals surface area contributed by atoms with Gasteiger partial charge in [-0.2, -0.15) is 0 Å². The van der Waals surface area contributed by atoms with Gasteiger partial charge >= 0.3 is 5.97 Å². The summed E-state index contributed by atoms with van der Waals surface area (Å²) >= 11 is 0. The van der Waals surface area contributed by atoms with E-state index in [0.29, 0.717) is 24.2 Å². The van der Waals surface area contributed by atoms with E-state index in [1.54, 1.807) is 19.1 Å². The molecule has 162 valence electrons. The Labute approximate surface area is 186 Å². The average Bonchev–Trinajstić information content (AvgIpc) is 3.23. The monoisotopic (exact) mass is 427 g/mol. The number of aryl methyl sites for hydroxylation is 1. The van der Waals surface area contributed by atoms with Crippen molar-refractivity contribution in [1.82, 2.24) is 9.97 Å². The first-order valence-electron chi connectivity index (χ1n) is 11.1. The zero-order valence-corrected chi connectivity index (χ0v) is 18.0. The molecular weight excluding hydrogens is 402 g/mol. The molecule has 2 N–H and O–H groups in total. The van der Waals surface area contributed by atoms with Crippen LogP contribution < -0.4 is 5.32 Å². The van der Waals surface area contributed by atoms with Gasteiger partial charge < -0.3 is 10.4 Å². The van der Waals surface area contributed by atoms with Gasteiger partial charge in [-0.1, -0.05) is 42.8 Å². The zero-order valence-electron chi connectivity index (χ0n) is 18.0. The van der Waals surface area contributed by atoms with E-state index in [2.05, 4.69) is 5.32 Å². The molecule has 1 aromatic heterocycles. The van der Waals surface area contributed by atoms with E-state index in [1.165, 1.54) is 0 Å². The molecule has 6 nitrogen and oxygen atoms in total. The molecule has 5 rings (SSSR count). The van der Waals surface area contributed by atoms with Gasteiger partial charge in [0.1, 0.15) is 5.82 Å². The summed E-state index contributed by atoms with van der Waals surface area (Å²) in [5, 5.41) is 13.1. The highest BCUT2D eigenvalue weighted by molar-refractivity contribution is 5.94. The van der Waals surface area contributed by atoms with Crippen LogP contribution in [0.2, 0.25) is 0 Å². The van der Waals surface area contributed by atoms with Crippen LogP contribution >= 0.6 is 0 Å². The Bertz CT molecular complexity index is 1200. The summed E-state index contributed by atoms with van der Waals surface area (Å²) in [4.78, 5) is 33.0. The van der Waals surface area contributed by atoms with Crippen LogP contribution in [0, 0.1) is 0 Å². The number of ketones is 1. The first-order valence-corrected chi connectivity index (χ1v) is 11.1. The smallest absolute Gasteiger partial charge is 0.314 e. The van der Waals surface area contributed by atoms with Gasteiger partial charge in [-0.3, -0.25) is 9.59 Å². The molecule has 0 atom stereocenters. The third-order valence-corrected chi connectivity index (χ3v) is 6.80. The number of carbonyl (C=O) groups is 2. The number of nitrogens with zero attached hydrogens (tertiary/aromatic N) is 2. The minimum Gasteiger partial charge on any atom is -0.481 e. The number of carboxylic acid groups (broad SMARTS) is 1. The van der Waals surface area contributed by atoms with Gasteiger partial charge in [-0.25, -0.2) is 9.97 Å². The molecule has 3 aromatic rings. The molecule has 2 aromatic carbocycles. The van der Waals surface area contributed by atoms with Gasteiger partial charge in [0, 0.05) is 28.1 Å². The fourth-order valence-corrected chi connectivity index (χ4v) is 4.68. The topological polar surface area (TPSA) is 92.2 Å². The Morgan fingerprint density at radius 1 is 0.938 bits per heavy atom. The third-order valence-electron chi connectivity index (χ3n) is 6.80. The maximum Gasteiger partial charge on any atom is 0.314 e. The Balaban J connectivity index is 1.45. The van der Waals surface area contributed by atoms with Crippen LogP contribution in [0.5, 0.6) is 0 Å². The molecule has 0 amide bonds. The molecule has 1 saturated carbocycles. The summed E-state index contributed by atoms with van der Waals surface area (Å²) in [7, 11) is 0. The fraction of sp³-hybridized carbons (Fsp3) is 0.308. The summed E-state index contributed by atoms with van der Waals surface area (Å²) in [6, 6.07) is 15.1. The number of nitrogens with one attached hydrogen (secondary N) is 1. The lowest BCUT2D eigenvalue weighted by atomic mass is 9.64. The number of fused-ring (bicyclic) bond motifs is 1. The molecule has 2 aliphatic rings. The van der Waals surface area contributed by atoms with E-state index >= 15 is 0 Å². The molecule has 0 radical (unpaired) electrons. The van der Waals surface area contributed by atoms with Crippen molar-refractivity contribution in [2.24, 2.45) is 0 Å². The number of carboxylic acids is 1. The Morgan fingerprint density at radius 2 is 1.66 bits per heavy atom. The van der Waals surface area contributed by atoms with E-state index in [9.17, 15) is 14.7 Å². The number of carbonyl (C=O) groups excluding carboxylic acids is 1. The van der Waals surface area contributed by atoms with Crippen molar-refractivity contribution in [3.8, 4) is 11.4 Å². The van der Waals surface area contributed by atoms with Gasteiger partial charge in [0.05, 0.1) is 5.41 Å². The van der Waals surface area contributed by atoms with E-state index in [-0.39, 0.29) is 5.78 Å². The highest BCUT2D eigenvalue weighted by Crippen LogP contribution is 2.44. The van der Waals surface area contributed by atoms with Crippen LogP contribution in [0.4, 0.5) is 11.5 Å². The Morgan fingerprint density at radius 3 is 2.25 bits per heavy atom. The predicted octanol–water partition coefficient (Wildman–Crippen LogP) is 5.08. The van der Waals surface area contributed by atoms with E-state index in [1.807, 2.05) is 36.4 Å². The van der Waals surface area contributed by atoms with Crippen molar-refractivity contribution in [1.29, 1.82) is 0 Å². The van der Waals surface area contributed by atoms with Gasteiger partial charge in [0.25, 0.3) is 0 Å². The first-order chi connectivity index (χ1) is 15.5. The lowest BCUT2D eigenvalue weighted by Crippen LogP contribution is -2.42. The second-order valence-corrected chi connectivity index (χ2v) is 8.75. The normalized spacial score (nSPS) is 16.2. The van der Waals surface area contributed by atoms with Crippen molar-refractivity contribution in [2.75, 3.05) is 5.32 Å². The quantitative estimate of drug-likeness (QED) is 0.533. The van der Waals surface area contributed by atoms with Gasteiger partial charge in [0.2, 0.25) is 0 Å². The second-order valence-electron chi connectivity index (χ2n) is 8.75. The summed E-state index contributed by atoms with van der Waals surface area (Å²) < 4.78 is 0. The summed E-state index contributed by atoms with van der Waals surface area (Å²) in [6.45, 7) is 1.55. The molecular formula is C26H25N3O3. The van der Waals surface area contributed by atoms with Crippen LogP contribution in [0.1, 0.15) is 59.8 Å². The molecule has 6 heteroatoms. The molecule has 0 saturated heterocycles.